The van der Waals surface area contributed by atoms with E-state index in [1.807, 2.05) is 0 Å². The van der Waals surface area contributed by atoms with Crippen molar-refractivity contribution in [2.24, 2.45) is 0 Å². The molecular formula is C17H21N3O3S. The molecule has 0 spiro atoms. The molecule has 1 N–H and O–H groups in total. The zero-order valence-electron chi connectivity index (χ0n) is 13.7. The van der Waals surface area contributed by atoms with Crippen LogP contribution in [-0.2, 0) is 11.3 Å². The Morgan fingerprint density at radius 1 is 1.25 bits per heavy atom. The Morgan fingerprint density at radius 3 is 2.71 bits per heavy atom. The molecule has 0 amide bonds. The molecule has 1 aliphatic heterocycles. The maximum Gasteiger partial charge on any atom is 0.337 e. The number of aromatic amines is 1. The maximum atomic E-state index is 12.7. The van der Waals surface area contributed by atoms with Gasteiger partial charge in [-0.15, -0.1) is 0 Å². The number of piperidine rings is 1. The normalized spacial score (nSPS) is 15.5. The third-order valence-electron chi connectivity index (χ3n) is 4.49. The van der Waals surface area contributed by atoms with Crippen molar-refractivity contribution in [3.63, 3.8) is 0 Å². The Hall–Kier alpha value is -1.99. The first-order valence-corrected chi connectivity index (χ1v) is 8.58. The highest BCUT2D eigenvalue weighted by atomic mass is 32.1. The zero-order chi connectivity index (χ0) is 17.1. The number of carbonyl (C=O) groups is 1. The fourth-order valence-corrected chi connectivity index (χ4v) is 3.41. The molecule has 6 nitrogen and oxygen atoms in total. The second-order valence-corrected chi connectivity index (χ2v) is 6.43. The van der Waals surface area contributed by atoms with Gasteiger partial charge in [-0.1, -0.05) is 6.42 Å². The van der Waals surface area contributed by atoms with Gasteiger partial charge in [0.1, 0.15) is 0 Å². The smallest absolute Gasteiger partial charge is 0.337 e. The van der Waals surface area contributed by atoms with Crippen LogP contribution >= 0.6 is 12.2 Å². The van der Waals surface area contributed by atoms with Gasteiger partial charge in [-0.2, -0.15) is 0 Å². The minimum Gasteiger partial charge on any atom is -0.465 e. The molecule has 1 aliphatic rings. The molecule has 0 bridgehead atoms. The summed E-state index contributed by atoms with van der Waals surface area (Å²) >= 11 is 5.34. The number of methoxy groups -OCH3 is 1. The average molecular weight is 347 g/mol. The van der Waals surface area contributed by atoms with Crippen molar-refractivity contribution < 1.29 is 9.53 Å². The van der Waals surface area contributed by atoms with Crippen LogP contribution < -0.4 is 5.56 Å². The number of fused-ring (bicyclic) bond motifs is 1. The Balaban J connectivity index is 1.90. The van der Waals surface area contributed by atoms with E-state index in [2.05, 4.69) is 9.88 Å². The number of esters is 1. The molecule has 1 saturated heterocycles. The lowest BCUT2D eigenvalue weighted by atomic mass is 10.1. The zero-order valence-corrected chi connectivity index (χ0v) is 14.5. The summed E-state index contributed by atoms with van der Waals surface area (Å²) in [5.74, 6) is -0.439. The van der Waals surface area contributed by atoms with E-state index in [4.69, 9.17) is 17.0 Å². The predicted molar refractivity (Wildman–Crippen MR) is 95.0 cm³/mol. The van der Waals surface area contributed by atoms with E-state index in [0.29, 0.717) is 27.8 Å². The minimum absolute atomic E-state index is 0.123. The molecule has 24 heavy (non-hydrogen) atoms. The quantitative estimate of drug-likeness (QED) is 0.679. The molecular weight excluding hydrogens is 326 g/mol. The van der Waals surface area contributed by atoms with Crippen molar-refractivity contribution in [2.75, 3.05) is 26.7 Å². The Bertz CT molecular complexity index is 865. The van der Waals surface area contributed by atoms with Gasteiger partial charge in [-0.25, -0.2) is 4.79 Å². The number of benzene rings is 1. The van der Waals surface area contributed by atoms with Crippen molar-refractivity contribution in [3.05, 3.63) is 38.9 Å². The van der Waals surface area contributed by atoms with Crippen molar-refractivity contribution in [2.45, 2.75) is 25.8 Å². The van der Waals surface area contributed by atoms with E-state index in [9.17, 15) is 9.59 Å². The molecule has 0 aliphatic carbocycles. The average Bonchev–Trinajstić information content (AvgIpc) is 2.61. The number of likely N-dealkylation sites (tertiary alicyclic amines) is 1. The lowest BCUT2D eigenvalue weighted by Gasteiger charge is -2.26. The second kappa shape index (κ2) is 7.27. The van der Waals surface area contributed by atoms with Gasteiger partial charge in [0.05, 0.1) is 23.6 Å². The highest BCUT2D eigenvalue weighted by molar-refractivity contribution is 7.71. The lowest BCUT2D eigenvalue weighted by molar-refractivity contribution is 0.0601. The molecule has 0 saturated carbocycles. The Morgan fingerprint density at radius 2 is 2.00 bits per heavy atom. The van der Waals surface area contributed by atoms with E-state index in [-0.39, 0.29) is 5.56 Å². The van der Waals surface area contributed by atoms with E-state index in [1.165, 1.54) is 26.4 Å². The number of ether oxygens (including phenoxy) is 1. The van der Waals surface area contributed by atoms with Crippen LogP contribution in [0.1, 0.15) is 29.6 Å². The third-order valence-corrected chi connectivity index (χ3v) is 4.81. The molecule has 0 unspecified atom stereocenters. The number of nitrogens with one attached hydrogen (secondary N) is 1. The minimum atomic E-state index is -0.439. The van der Waals surface area contributed by atoms with Crippen LogP contribution in [-0.4, -0.2) is 47.2 Å². The lowest BCUT2D eigenvalue weighted by Crippen LogP contribution is -2.35. The summed E-state index contributed by atoms with van der Waals surface area (Å²) in [7, 11) is 1.33. The highest BCUT2D eigenvalue weighted by Crippen LogP contribution is 2.12. The Kier molecular flexibility index (Phi) is 5.11. The fourth-order valence-electron chi connectivity index (χ4n) is 3.13. The van der Waals surface area contributed by atoms with Gasteiger partial charge in [-0.05, 0) is 56.3 Å². The number of hydrogen-bond donors (Lipinski definition) is 1. The third kappa shape index (κ3) is 3.42. The van der Waals surface area contributed by atoms with Gasteiger partial charge >= 0.3 is 5.97 Å². The number of carbonyl (C=O) groups excluding carboxylic acids is 1. The number of nitrogens with zero attached hydrogens (tertiary/aromatic N) is 2. The fraction of sp³-hybridized carbons (Fsp3) is 0.471. The van der Waals surface area contributed by atoms with Gasteiger partial charge in [0.2, 0.25) is 0 Å². The van der Waals surface area contributed by atoms with Crippen LogP contribution in [0.4, 0.5) is 0 Å². The van der Waals surface area contributed by atoms with E-state index < -0.39 is 5.97 Å². The number of aromatic nitrogens is 2. The summed E-state index contributed by atoms with van der Waals surface area (Å²) in [4.78, 5) is 29.8. The number of H-pyrrole nitrogens is 1. The Labute approximate surface area is 145 Å². The second-order valence-electron chi connectivity index (χ2n) is 6.04. The van der Waals surface area contributed by atoms with Crippen molar-refractivity contribution in [1.82, 2.24) is 14.5 Å². The first kappa shape index (κ1) is 16.9. The largest absolute Gasteiger partial charge is 0.465 e. The monoisotopic (exact) mass is 347 g/mol. The van der Waals surface area contributed by atoms with Gasteiger partial charge < -0.3 is 14.6 Å². The van der Waals surface area contributed by atoms with Crippen LogP contribution in [0.25, 0.3) is 10.9 Å². The topological polar surface area (TPSA) is 67.3 Å². The number of rotatable bonds is 4. The van der Waals surface area contributed by atoms with Crippen molar-refractivity contribution >= 4 is 29.1 Å². The van der Waals surface area contributed by atoms with Crippen LogP contribution in [0, 0.1) is 4.77 Å². The predicted octanol–water partition coefficient (Wildman–Crippen LogP) is 2.33. The SMILES string of the molecule is COC(=O)c1ccc2c(=O)n(CCN3CCCCC3)c(=S)[nH]c2c1. The van der Waals surface area contributed by atoms with Gasteiger partial charge in [0.15, 0.2) is 4.77 Å². The van der Waals surface area contributed by atoms with Gasteiger partial charge in [0, 0.05) is 13.1 Å². The molecule has 2 aromatic rings. The van der Waals surface area contributed by atoms with Gasteiger partial charge in [0.25, 0.3) is 5.56 Å². The van der Waals surface area contributed by atoms with E-state index in [0.717, 1.165) is 19.6 Å². The summed E-state index contributed by atoms with van der Waals surface area (Å²) in [6.45, 7) is 3.56. The van der Waals surface area contributed by atoms with Crippen LogP contribution in [0.2, 0.25) is 0 Å². The summed E-state index contributed by atoms with van der Waals surface area (Å²) in [5.41, 5.74) is 0.824. The first-order chi connectivity index (χ1) is 11.6. The van der Waals surface area contributed by atoms with Crippen molar-refractivity contribution in [1.29, 1.82) is 0 Å². The summed E-state index contributed by atoms with van der Waals surface area (Å²) in [6.07, 6.45) is 3.72. The van der Waals surface area contributed by atoms with Crippen LogP contribution in [0.15, 0.2) is 23.0 Å². The molecule has 2 heterocycles. The molecule has 1 fully saturated rings. The number of hydrogen-bond acceptors (Lipinski definition) is 5. The molecule has 0 atom stereocenters. The molecule has 1 aromatic heterocycles. The summed E-state index contributed by atoms with van der Waals surface area (Å²) in [5, 5.41) is 0.523. The molecule has 128 valence electrons. The molecule has 0 radical (unpaired) electrons. The van der Waals surface area contributed by atoms with Crippen LogP contribution in [0.3, 0.4) is 0 Å². The van der Waals surface area contributed by atoms with Crippen LogP contribution in [0.5, 0.6) is 0 Å². The molecule has 1 aromatic carbocycles. The molecule has 7 heteroatoms. The summed E-state index contributed by atoms with van der Waals surface area (Å²) < 4.78 is 6.69. The standard InChI is InChI=1S/C17H21N3O3S/c1-23-16(22)12-5-6-13-14(11-12)18-17(24)20(15(13)21)10-9-19-7-3-2-4-8-19/h5-6,11H,2-4,7-10H2,1H3,(H,18,24). The highest BCUT2D eigenvalue weighted by Gasteiger charge is 2.13. The van der Waals surface area contributed by atoms with Gasteiger partial charge in [-0.3, -0.25) is 9.36 Å². The van der Waals surface area contributed by atoms with E-state index >= 15 is 0 Å². The van der Waals surface area contributed by atoms with Crippen molar-refractivity contribution in [3.8, 4) is 0 Å². The maximum absolute atomic E-state index is 12.7. The first-order valence-electron chi connectivity index (χ1n) is 8.17. The summed E-state index contributed by atoms with van der Waals surface area (Å²) in [6, 6.07) is 4.85. The van der Waals surface area contributed by atoms with E-state index in [1.54, 1.807) is 22.8 Å². The molecule has 3 rings (SSSR count).